The third-order valence-electron chi connectivity index (χ3n) is 1.41. The molecular weight excluding hydrogens is 271 g/mol. The van der Waals surface area contributed by atoms with Crippen LogP contribution in [0.3, 0.4) is 0 Å². The van der Waals surface area contributed by atoms with E-state index in [4.69, 9.17) is 16.3 Å². The van der Waals surface area contributed by atoms with E-state index in [1.807, 2.05) is 0 Å². The minimum absolute atomic E-state index is 0.0948. The number of esters is 1. The number of rotatable bonds is 2. The summed E-state index contributed by atoms with van der Waals surface area (Å²) >= 11 is 8.96. The van der Waals surface area contributed by atoms with Gasteiger partial charge in [0.1, 0.15) is 0 Å². The zero-order chi connectivity index (χ0) is 10.7. The SMILES string of the molecule is CC(=O)Oc1c(Cl)cc(Br)cc1C=O. The smallest absolute Gasteiger partial charge is 0.308 e. The van der Waals surface area contributed by atoms with E-state index in [0.717, 1.165) is 0 Å². The summed E-state index contributed by atoms with van der Waals surface area (Å²) in [5.74, 6) is -0.422. The molecule has 0 aliphatic carbocycles. The molecule has 0 spiro atoms. The molecular formula is C9H6BrClO3. The Morgan fingerprint density at radius 3 is 2.71 bits per heavy atom. The molecule has 74 valence electrons. The molecule has 0 bridgehead atoms. The predicted octanol–water partition coefficient (Wildman–Crippen LogP) is 2.84. The predicted molar refractivity (Wildman–Crippen MR) is 55.8 cm³/mol. The van der Waals surface area contributed by atoms with Crippen LogP contribution in [0.5, 0.6) is 5.75 Å². The van der Waals surface area contributed by atoms with Gasteiger partial charge >= 0.3 is 5.97 Å². The maximum absolute atomic E-state index is 10.7. The third-order valence-corrected chi connectivity index (χ3v) is 2.15. The van der Waals surface area contributed by atoms with Gasteiger partial charge in [-0.3, -0.25) is 9.59 Å². The van der Waals surface area contributed by atoms with Crippen LogP contribution in [0.15, 0.2) is 16.6 Å². The Hall–Kier alpha value is -0.870. The monoisotopic (exact) mass is 276 g/mol. The van der Waals surface area contributed by atoms with Crippen LogP contribution in [0.25, 0.3) is 0 Å². The molecule has 0 aliphatic rings. The number of hydrogen-bond acceptors (Lipinski definition) is 3. The highest BCUT2D eigenvalue weighted by Gasteiger charge is 2.11. The van der Waals surface area contributed by atoms with Crippen LogP contribution in [0, 0.1) is 0 Å². The molecule has 0 aromatic heterocycles. The molecule has 0 amide bonds. The quantitative estimate of drug-likeness (QED) is 0.474. The molecule has 1 aromatic carbocycles. The van der Waals surface area contributed by atoms with Crippen molar-refractivity contribution in [3.63, 3.8) is 0 Å². The molecule has 1 aromatic rings. The van der Waals surface area contributed by atoms with Crippen LogP contribution in [0.2, 0.25) is 5.02 Å². The van der Waals surface area contributed by atoms with Crippen molar-refractivity contribution in [2.24, 2.45) is 0 Å². The van der Waals surface area contributed by atoms with E-state index >= 15 is 0 Å². The second-order valence-electron chi connectivity index (χ2n) is 2.52. The summed E-state index contributed by atoms with van der Waals surface area (Å²) in [7, 11) is 0. The van der Waals surface area contributed by atoms with Crippen LogP contribution in [0.4, 0.5) is 0 Å². The Morgan fingerprint density at radius 2 is 2.21 bits per heavy atom. The fraction of sp³-hybridized carbons (Fsp3) is 0.111. The maximum atomic E-state index is 10.7. The van der Waals surface area contributed by atoms with Crippen molar-refractivity contribution in [3.8, 4) is 5.75 Å². The molecule has 0 N–H and O–H groups in total. The van der Waals surface area contributed by atoms with E-state index in [1.165, 1.54) is 13.0 Å². The second kappa shape index (κ2) is 4.57. The Kier molecular flexibility index (Phi) is 3.66. The van der Waals surface area contributed by atoms with E-state index in [1.54, 1.807) is 6.07 Å². The lowest BCUT2D eigenvalue weighted by atomic mass is 10.2. The summed E-state index contributed by atoms with van der Waals surface area (Å²) in [5.41, 5.74) is 0.236. The summed E-state index contributed by atoms with van der Waals surface area (Å²) in [4.78, 5) is 21.4. The van der Waals surface area contributed by atoms with Crippen molar-refractivity contribution in [3.05, 3.63) is 27.2 Å². The summed E-state index contributed by atoms with van der Waals surface area (Å²) in [6.07, 6.45) is 0.578. The molecule has 5 heteroatoms. The van der Waals surface area contributed by atoms with Crippen LogP contribution in [-0.4, -0.2) is 12.3 Å². The van der Waals surface area contributed by atoms with Crippen LogP contribution in [0.1, 0.15) is 17.3 Å². The second-order valence-corrected chi connectivity index (χ2v) is 3.84. The summed E-state index contributed by atoms with van der Waals surface area (Å²) in [6, 6.07) is 3.07. The Bertz CT molecular complexity index is 390. The fourth-order valence-corrected chi connectivity index (χ4v) is 1.79. The highest BCUT2D eigenvalue weighted by Crippen LogP contribution is 2.31. The minimum Gasteiger partial charge on any atom is -0.424 e. The van der Waals surface area contributed by atoms with Crippen LogP contribution < -0.4 is 4.74 Å². The molecule has 0 fully saturated rings. The van der Waals surface area contributed by atoms with Gasteiger partial charge in [0, 0.05) is 11.4 Å². The summed E-state index contributed by atoms with van der Waals surface area (Å²) in [6.45, 7) is 1.24. The molecule has 14 heavy (non-hydrogen) atoms. The van der Waals surface area contributed by atoms with Gasteiger partial charge in [-0.1, -0.05) is 27.5 Å². The van der Waals surface area contributed by atoms with Crippen LogP contribution in [-0.2, 0) is 4.79 Å². The van der Waals surface area contributed by atoms with Gasteiger partial charge in [0.05, 0.1) is 10.6 Å². The molecule has 0 saturated heterocycles. The molecule has 0 aliphatic heterocycles. The highest BCUT2D eigenvalue weighted by molar-refractivity contribution is 9.10. The largest absolute Gasteiger partial charge is 0.424 e. The van der Waals surface area contributed by atoms with Crippen molar-refractivity contribution in [1.29, 1.82) is 0 Å². The highest BCUT2D eigenvalue weighted by atomic mass is 79.9. The van der Waals surface area contributed by atoms with E-state index < -0.39 is 5.97 Å². The Labute approximate surface area is 94.1 Å². The molecule has 0 unspecified atom stereocenters. The van der Waals surface area contributed by atoms with E-state index in [-0.39, 0.29) is 16.3 Å². The van der Waals surface area contributed by atoms with Crippen molar-refractivity contribution in [2.45, 2.75) is 6.92 Å². The molecule has 0 atom stereocenters. The number of benzene rings is 1. The van der Waals surface area contributed by atoms with Gasteiger partial charge in [-0.15, -0.1) is 0 Å². The average Bonchev–Trinajstić information content (AvgIpc) is 2.08. The van der Waals surface area contributed by atoms with E-state index in [2.05, 4.69) is 15.9 Å². The Morgan fingerprint density at radius 1 is 1.57 bits per heavy atom. The lowest BCUT2D eigenvalue weighted by molar-refractivity contribution is -0.131. The first-order chi connectivity index (χ1) is 6.54. The lowest BCUT2D eigenvalue weighted by Crippen LogP contribution is -2.04. The number of hydrogen-bond donors (Lipinski definition) is 0. The van der Waals surface area contributed by atoms with E-state index in [0.29, 0.717) is 10.8 Å². The van der Waals surface area contributed by atoms with Gasteiger partial charge in [0.2, 0.25) is 0 Å². The molecule has 1 rings (SSSR count). The molecule has 0 radical (unpaired) electrons. The number of aldehydes is 1. The van der Waals surface area contributed by atoms with Gasteiger partial charge in [-0.2, -0.15) is 0 Å². The number of carbonyl (C=O) groups is 2. The van der Waals surface area contributed by atoms with Gasteiger partial charge in [-0.05, 0) is 12.1 Å². The number of ether oxygens (including phenoxy) is 1. The van der Waals surface area contributed by atoms with Gasteiger partial charge in [0.15, 0.2) is 12.0 Å². The number of halogens is 2. The third kappa shape index (κ3) is 2.56. The van der Waals surface area contributed by atoms with Gasteiger partial charge in [0.25, 0.3) is 0 Å². The normalized spacial score (nSPS) is 9.64. The van der Waals surface area contributed by atoms with Crippen molar-refractivity contribution >= 4 is 39.8 Å². The first kappa shape index (κ1) is 11.2. The standard InChI is InChI=1S/C9H6BrClO3/c1-5(13)14-9-6(4-12)2-7(10)3-8(9)11/h2-4H,1H3. The maximum Gasteiger partial charge on any atom is 0.308 e. The fourth-order valence-electron chi connectivity index (χ4n) is 0.919. The molecule has 0 saturated carbocycles. The summed E-state index contributed by atoms with van der Waals surface area (Å²) < 4.78 is 5.45. The molecule has 3 nitrogen and oxygen atoms in total. The topological polar surface area (TPSA) is 43.4 Å². The average molecular weight is 278 g/mol. The van der Waals surface area contributed by atoms with Gasteiger partial charge in [-0.25, -0.2) is 0 Å². The number of carbonyl (C=O) groups excluding carboxylic acids is 2. The van der Waals surface area contributed by atoms with Crippen LogP contribution >= 0.6 is 27.5 Å². The minimum atomic E-state index is -0.516. The first-order valence-electron chi connectivity index (χ1n) is 3.67. The van der Waals surface area contributed by atoms with Crippen molar-refractivity contribution in [1.82, 2.24) is 0 Å². The van der Waals surface area contributed by atoms with Crippen molar-refractivity contribution < 1.29 is 14.3 Å². The lowest BCUT2D eigenvalue weighted by Gasteiger charge is -2.06. The molecule has 0 heterocycles. The Balaban J connectivity index is 3.24. The van der Waals surface area contributed by atoms with E-state index in [9.17, 15) is 9.59 Å². The van der Waals surface area contributed by atoms with Crippen molar-refractivity contribution in [2.75, 3.05) is 0 Å². The zero-order valence-electron chi connectivity index (χ0n) is 7.21. The van der Waals surface area contributed by atoms with Gasteiger partial charge < -0.3 is 4.74 Å². The first-order valence-corrected chi connectivity index (χ1v) is 4.84. The summed E-state index contributed by atoms with van der Waals surface area (Å²) in [5, 5.41) is 0.219. The zero-order valence-corrected chi connectivity index (χ0v) is 9.55.